The molecule has 0 unspecified atom stereocenters. The number of rotatable bonds is 7. The van der Waals surface area contributed by atoms with Crippen molar-refractivity contribution in [2.45, 2.75) is 58.9 Å². The van der Waals surface area contributed by atoms with Gasteiger partial charge in [0.1, 0.15) is 17.8 Å². The first kappa shape index (κ1) is 24.3. The van der Waals surface area contributed by atoms with Gasteiger partial charge >= 0.3 is 5.97 Å². The van der Waals surface area contributed by atoms with Gasteiger partial charge in [0, 0.05) is 26.2 Å². The minimum absolute atomic E-state index is 0.0586. The third kappa shape index (κ3) is 6.52. The fraction of sp³-hybridized carbons (Fsp3) is 0.773. The minimum Gasteiger partial charge on any atom is -0.458 e. The maximum absolute atomic E-state index is 13.0. The van der Waals surface area contributed by atoms with Gasteiger partial charge in [-0.15, -0.1) is 0 Å². The molecule has 0 saturated carbocycles. The van der Waals surface area contributed by atoms with Crippen LogP contribution in [0, 0.1) is 11.8 Å². The van der Waals surface area contributed by atoms with E-state index in [1.54, 1.807) is 13.1 Å². The van der Waals surface area contributed by atoms with Crippen molar-refractivity contribution in [1.29, 1.82) is 0 Å². The van der Waals surface area contributed by atoms with Crippen LogP contribution in [-0.4, -0.2) is 90.1 Å². The van der Waals surface area contributed by atoms with Crippen molar-refractivity contribution >= 4 is 17.8 Å². The number of amides is 2. The molecule has 170 valence electrons. The van der Waals surface area contributed by atoms with Crippen LogP contribution in [0.5, 0.6) is 0 Å². The van der Waals surface area contributed by atoms with E-state index < -0.39 is 17.8 Å². The normalized spacial score (nSPS) is 21.7. The lowest BCUT2D eigenvalue weighted by Crippen LogP contribution is -2.50. The highest BCUT2D eigenvalue weighted by molar-refractivity contribution is 5.88. The van der Waals surface area contributed by atoms with Crippen LogP contribution in [-0.2, 0) is 19.1 Å². The van der Waals surface area contributed by atoms with E-state index in [1.807, 2.05) is 34.6 Å². The molecule has 0 radical (unpaired) electrons. The molecule has 2 fully saturated rings. The molecule has 0 aliphatic carbocycles. The Kier molecular flexibility index (Phi) is 8.02. The quantitative estimate of drug-likeness (QED) is 0.460. The highest BCUT2D eigenvalue weighted by Crippen LogP contribution is 2.23. The largest absolute Gasteiger partial charge is 0.458 e. The lowest BCUT2D eigenvalue weighted by Gasteiger charge is -2.33. The van der Waals surface area contributed by atoms with Crippen molar-refractivity contribution < 1.29 is 23.5 Å². The van der Waals surface area contributed by atoms with E-state index in [1.165, 1.54) is 15.9 Å². The summed E-state index contributed by atoms with van der Waals surface area (Å²) in [5, 5.41) is 0. The lowest BCUT2D eigenvalue weighted by atomic mass is 9.99. The first-order valence-corrected chi connectivity index (χ1v) is 10.7. The van der Waals surface area contributed by atoms with Gasteiger partial charge in [0.2, 0.25) is 11.8 Å². The van der Waals surface area contributed by atoms with Gasteiger partial charge in [-0.2, -0.15) is 0 Å². The van der Waals surface area contributed by atoms with Gasteiger partial charge in [0.25, 0.3) is 0 Å². The van der Waals surface area contributed by atoms with Crippen molar-refractivity contribution in [2.24, 2.45) is 11.8 Å². The minimum atomic E-state index is -0.903. The first-order chi connectivity index (χ1) is 13.9. The second-order valence-electron chi connectivity index (χ2n) is 9.66. The summed E-state index contributed by atoms with van der Waals surface area (Å²) in [7, 11) is 1.67. The van der Waals surface area contributed by atoms with Gasteiger partial charge < -0.3 is 14.5 Å². The highest BCUT2D eigenvalue weighted by atomic mass is 19.1. The van der Waals surface area contributed by atoms with Gasteiger partial charge in [0.05, 0.1) is 19.0 Å². The standard InChI is InChI=1S/C22H36FN3O4/c1-15(2)19(21(29)30-22(3,4)5)24(6)20(28)16-9-11-25(12-16)10-7-8-18(27)26-13-17(23)14-26/h7-8,15-17,19H,9-14H2,1-6H3/b8-7+/t16-,19-/m0/s1. The molecule has 8 heteroatoms. The third-order valence-electron chi connectivity index (χ3n) is 5.44. The lowest BCUT2D eigenvalue weighted by molar-refractivity contribution is -0.166. The number of carbonyl (C=O) groups is 3. The average molecular weight is 426 g/mol. The summed E-state index contributed by atoms with van der Waals surface area (Å²) >= 11 is 0. The van der Waals surface area contributed by atoms with E-state index in [0.29, 0.717) is 19.5 Å². The number of halogens is 1. The van der Waals surface area contributed by atoms with Crippen LogP contribution >= 0.6 is 0 Å². The molecule has 0 bridgehead atoms. The number of hydrogen-bond donors (Lipinski definition) is 0. The van der Waals surface area contributed by atoms with Crippen molar-refractivity contribution in [3.05, 3.63) is 12.2 Å². The summed E-state index contributed by atoms with van der Waals surface area (Å²) in [6.07, 6.45) is 3.05. The van der Waals surface area contributed by atoms with E-state index in [-0.39, 0.29) is 42.7 Å². The number of likely N-dealkylation sites (tertiary alicyclic amines) is 2. The Morgan fingerprint density at radius 1 is 1.20 bits per heavy atom. The molecule has 0 aromatic rings. The predicted molar refractivity (Wildman–Crippen MR) is 112 cm³/mol. The zero-order valence-corrected chi connectivity index (χ0v) is 19.1. The van der Waals surface area contributed by atoms with E-state index in [4.69, 9.17) is 4.74 Å². The topological polar surface area (TPSA) is 70.2 Å². The van der Waals surface area contributed by atoms with Crippen LogP contribution in [0.3, 0.4) is 0 Å². The summed E-state index contributed by atoms with van der Waals surface area (Å²) in [6.45, 7) is 11.5. The number of likely N-dealkylation sites (N-methyl/N-ethyl adjacent to an activating group) is 1. The fourth-order valence-electron chi connectivity index (χ4n) is 3.88. The molecule has 2 atom stereocenters. The number of alkyl halides is 1. The molecular formula is C22H36FN3O4. The number of ether oxygens (including phenoxy) is 1. The average Bonchev–Trinajstić information content (AvgIpc) is 3.05. The molecule has 0 N–H and O–H groups in total. The Morgan fingerprint density at radius 3 is 2.37 bits per heavy atom. The van der Waals surface area contributed by atoms with Gasteiger partial charge in [-0.05, 0) is 39.7 Å². The van der Waals surface area contributed by atoms with Crippen LogP contribution in [0.15, 0.2) is 12.2 Å². The van der Waals surface area contributed by atoms with E-state index in [9.17, 15) is 18.8 Å². The summed E-state index contributed by atoms with van der Waals surface area (Å²) in [4.78, 5) is 42.6. The van der Waals surface area contributed by atoms with Crippen LogP contribution < -0.4 is 0 Å². The Morgan fingerprint density at radius 2 is 1.83 bits per heavy atom. The molecular weight excluding hydrogens is 389 g/mol. The van der Waals surface area contributed by atoms with E-state index >= 15 is 0 Å². The number of carbonyl (C=O) groups excluding carboxylic acids is 3. The molecule has 2 aliphatic heterocycles. The van der Waals surface area contributed by atoms with Crippen molar-refractivity contribution in [3.8, 4) is 0 Å². The SMILES string of the molecule is CC(C)[C@@H](C(=O)OC(C)(C)C)N(C)C(=O)[C@H]1CCN(C/C=C/C(=O)N2CC(F)C2)C1. The molecule has 2 rings (SSSR count). The Balaban J connectivity index is 1.87. The summed E-state index contributed by atoms with van der Waals surface area (Å²) in [5.74, 6) is -0.869. The third-order valence-corrected chi connectivity index (χ3v) is 5.44. The summed E-state index contributed by atoms with van der Waals surface area (Å²) in [5.41, 5.74) is -0.608. The highest BCUT2D eigenvalue weighted by Gasteiger charge is 2.38. The first-order valence-electron chi connectivity index (χ1n) is 10.7. The second-order valence-corrected chi connectivity index (χ2v) is 9.66. The molecule has 7 nitrogen and oxygen atoms in total. The van der Waals surface area contributed by atoms with Gasteiger partial charge in [-0.3, -0.25) is 14.5 Å². The predicted octanol–water partition coefficient (Wildman–Crippen LogP) is 1.87. The Bertz CT molecular complexity index is 668. The second kappa shape index (κ2) is 9.90. The molecule has 30 heavy (non-hydrogen) atoms. The molecule has 0 aromatic heterocycles. The number of nitrogens with zero attached hydrogens (tertiary/aromatic N) is 3. The summed E-state index contributed by atoms with van der Waals surface area (Å²) < 4.78 is 18.3. The molecule has 0 aromatic carbocycles. The Hall–Kier alpha value is -1.96. The molecule has 2 amide bonds. The van der Waals surface area contributed by atoms with Gasteiger partial charge in [-0.1, -0.05) is 19.9 Å². The maximum Gasteiger partial charge on any atom is 0.329 e. The smallest absolute Gasteiger partial charge is 0.329 e. The zero-order valence-electron chi connectivity index (χ0n) is 19.1. The molecule has 2 saturated heterocycles. The fourth-order valence-corrected chi connectivity index (χ4v) is 3.88. The van der Waals surface area contributed by atoms with Crippen LogP contribution in [0.25, 0.3) is 0 Å². The number of esters is 1. The number of hydrogen-bond acceptors (Lipinski definition) is 5. The summed E-state index contributed by atoms with van der Waals surface area (Å²) in [6, 6.07) is -0.626. The zero-order chi connectivity index (χ0) is 22.6. The maximum atomic E-state index is 13.0. The monoisotopic (exact) mass is 425 g/mol. The Labute approximate surface area is 179 Å². The molecule has 2 aliphatic rings. The van der Waals surface area contributed by atoms with Crippen LogP contribution in [0.2, 0.25) is 0 Å². The van der Waals surface area contributed by atoms with Gasteiger partial charge in [0.15, 0.2) is 0 Å². The molecule has 0 spiro atoms. The molecule has 2 heterocycles. The van der Waals surface area contributed by atoms with Gasteiger partial charge in [-0.25, -0.2) is 9.18 Å². The van der Waals surface area contributed by atoms with E-state index in [2.05, 4.69) is 4.90 Å². The van der Waals surface area contributed by atoms with Crippen LogP contribution in [0.1, 0.15) is 41.0 Å². The van der Waals surface area contributed by atoms with Crippen molar-refractivity contribution in [1.82, 2.24) is 14.7 Å². The van der Waals surface area contributed by atoms with E-state index in [0.717, 1.165) is 6.54 Å². The van der Waals surface area contributed by atoms with Crippen molar-refractivity contribution in [2.75, 3.05) is 39.8 Å². The van der Waals surface area contributed by atoms with Crippen LogP contribution in [0.4, 0.5) is 4.39 Å². The van der Waals surface area contributed by atoms with Crippen molar-refractivity contribution in [3.63, 3.8) is 0 Å².